The Morgan fingerprint density at radius 1 is 0.828 bits per heavy atom. The molecule has 6 nitrogen and oxygen atoms in total. The molecule has 144 valence electrons. The molecular formula is C22H14ClNO5. The van der Waals surface area contributed by atoms with Gasteiger partial charge in [-0.25, -0.2) is 9.69 Å². The normalized spacial score (nSPS) is 12.7. The highest BCUT2D eigenvalue weighted by molar-refractivity contribution is 6.34. The molecule has 0 radical (unpaired) electrons. The molecule has 2 amide bonds. The highest BCUT2D eigenvalue weighted by atomic mass is 35.5. The third-order valence-corrected chi connectivity index (χ3v) is 4.51. The van der Waals surface area contributed by atoms with Gasteiger partial charge in [-0.2, -0.15) is 0 Å². The van der Waals surface area contributed by atoms with Gasteiger partial charge in [-0.3, -0.25) is 9.59 Å². The molecule has 0 atom stereocenters. The van der Waals surface area contributed by atoms with Crippen molar-refractivity contribution >= 4 is 35.1 Å². The molecule has 29 heavy (non-hydrogen) atoms. The molecule has 3 aromatic rings. The van der Waals surface area contributed by atoms with E-state index in [9.17, 15) is 14.4 Å². The van der Waals surface area contributed by atoms with Gasteiger partial charge in [-0.15, -0.1) is 0 Å². The van der Waals surface area contributed by atoms with Crippen LogP contribution in [0, 0.1) is 0 Å². The van der Waals surface area contributed by atoms with Gasteiger partial charge in [0.05, 0.1) is 16.8 Å². The number of esters is 1. The fourth-order valence-corrected chi connectivity index (χ4v) is 3.13. The van der Waals surface area contributed by atoms with Crippen LogP contribution >= 0.6 is 11.6 Å². The first-order valence-electron chi connectivity index (χ1n) is 8.70. The zero-order valence-corrected chi connectivity index (χ0v) is 15.8. The van der Waals surface area contributed by atoms with E-state index in [0.717, 1.165) is 4.90 Å². The Labute approximate surface area is 171 Å². The summed E-state index contributed by atoms with van der Waals surface area (Å²) in [4.78, 5) is 38.1. The molecule has 4 rings (SSSR count). The van der Waals surface area contributed by atoms with Gasteiger partial charge in [0, 0.05) is 5.02 Å². The molecule has 0 unspecified atom stereocenters. The van der Waals surface area contributed by atoms with E-state index in [0.29, 0.717) is 27.6 Å². The van der Waals surface area contributed by atoms with Gasteiger partial charge in [0.15, 0.2) is 6.61 Å². The lowest BCUT2D eigenvalue weighted by molar-refractivity contribution is -0.136. The van der Waals surface area contributed by atoms with Crippen molar-refractivity contribution in [2.45, 2.75) is 0 Å². The SMILES string of the molecule is O=C(COc1cccc(Cl)c1)Oc1ccc(N2C(=O)c3ccccc3C2=O)cc1. The Balaban J connectivity index is 1.40. The van der Waals surface area contributed by atoms with Crippen molar-refractivity contribution in [3.05, 3.63) is 88.9 Å². The first kappa shape index (κ1) is 18.7. The van der Waals surface area contributed by atoms with E-state index < -0.39 is 5.97 Å². The molecule has 0 spiro atoms. The molecule has 1 aliphatic heterocycles. The predicted octanol–water partition coefficient (Wildman–Crippen LogP) is 4.13. The van der Waals surface area contributed by atoms with Crippen molar-refractivity contribution in [1.82, 2.24) is 0 Å². The maximum Gasteiger partial charge on any atom is 0.349 e. The molecule has 0 saturated heterocycles. The summed E-state index contributed by atoms with van der Waals surface area (Å²) in [6.45, 7) is -0.291. The second-order valence-corrected chi connectivity index (χ2v) is 6.64. The van der Waals surface area contributed by atoms with E-state index >= 15 is 0 Å². The average molecular weight is 408 g/mol. The summed E-state index contributed by atoms with van der Waals surface area (Å²) in [6, 6.07) is 19.4. The van der Waals surface area contributed by atoms with Gasteiger partial charge in [-0.05, 0) is 54.6 Å². The van der Waals surface area contributed by atoms with Crippen LogP contribution in [0.25, 0.3) is 0 Å². The van der Waals surface area contributed by atoms with Gasteiger partial charge in [0.2, 0.25) is 0 Å². The summed E-state index contributed by atoms with van der Waals surface area (Å²) >= 11 is 5.86. The Morgan fingerprint density at radius 3 is 2.10 bits per heavy atom. The Hall–Kier alpha value is -3.64. The first-order chi connectivity index (χ1) is 14.0. The largest absolute Gasteiger partial charge is 0.482 e. The number of carbonyl (C=O) groups is 3. The number of benzene rings is 3. The standard InChI is InChI=1S/C22H14ClNO5/c23-14-4-3-5-17(12-14)28-13-20(25)29-16-10-8-15(9-11-16)24-21(26)18-6-1-2-7-19(18)22(24)27/h1-12H,13H2. The van der Waals surface area contributed by atoms with Crippen molar-refractivity contribution in [3.63, 3.8) is 0 Å². The van der Waals surface area contributed by atoms with Crippen LogP contribution in [0.15, 0.2) is 72.8 Å². The van der Waals surface area contributed by atoms with Gasteiger partial charge >= 0.3 is 5.97 Å². The van der Waals surface area contributed by atoms with Gasteiger partial charge in [-0.1, -0.05) is 29.8 Å². The number of rotatable bonds is 5. The van der Waals surface area contributed by atoms with Crippen LogP contribution in [0.3, 0.4) is 0 Å². The van der Waals surface area contributed by atoms with E-state index in [2.05, 4.69) is 0 Å². The molecular weight excluding hydrogens is 394 g/mol. The molecule has 1 aliphatic rings. The van der Waals surface area contributed by atoms with Crippen LogP contribution in [-0.2, 0) is 4.79 Å². The van der Waals surface area contributed by atoms with Crippen molar-refractivity contribution in [1.29, 1.82) is 0 Å². The molecule has 0 N–H and O–H groups in total. The van der Waals surface area contributed by atoms with Crippen LogP contribution in [0.1, 0.15) is 20.7 Å². The minimum atomic E-state index is -0.599. The summed E-state index contributed by atoms with van der Waals surface area (Å²) in [5.41, 5.74) is 1.13. The molecule has 0 aliphatic carbocycles. The van der Waals surface area contributed by atoms with Crippen molar-refractivity contribution in [3.8, 4) is 11.5 Å². The van der Waals surface area contributed by atoms with E-state index in [4.69, 9.17) is 21.1 Å². The summed E-state index contributed by atoms with van der Waals surface area (Å²) in [5, 5.41) is 0.500. The summed E-state index contributed by atoms with van der Waals surface area (Å²) in [6.07, 6.45) is 0. The van der Waals surface area contributed by atoms with Crippen molar-refractivity contribution in [2.75, 3.05) is 11.5 Å². The maximum absolute atomic E-state index is 12.5. The van der Waals surface area contributed by atoms with E-state index in [1.54, 1.807) is 60.7 Å². The molecule has 3 aromatic carbocycles. The third-order valence-electron chi connectivity index (χ3n) is 4.27. The lowest BCUT2D eigenvalue weighted by Gasteiger charge is -2.14. The number of carbonyl (C=O) groups excluding carboxylic acids is 3. The highest BCUT2D eigenvalue weighted by Gasteiger charge is 2.36. The van der Waals surface area contributed by atoms with Crippen LogP contribution in [-0.4, -0.2) is 24.4 Å². The van der Waals surface area contributed by atoms with Crippen LogP contribution < -0.4 is 14.4 Å². The Bertz CT molecular complexity index is 1080. The van der Waals surface area contributed by atoms with Gasteiger partial charge < -0.3 is 9.47 Å². The second-order valence-electron chi connectivity index (χ2n) is 6.21. The number of hydrogen-bond acceptors (Lipinski definition) is 5. The lowest BCUT2D eigenvalue weighted by atomic mass is 10.1. The lowest BCUT2D eigenvalue weighted by Crippen LogP contribution is -2.29. The van der Waals surface area contributed by atoms with Crippen molar-refractivity contribution < 1.29 is 23.9 Å². The quantitative estimate of drug-likeness (QED) is 0.361. The molecule has 0 bridgehead atoms. The smallest absolute Gasteiger partial charge is 0.349 e. The number of imide groups is 1. The summed E-state index contributed by atoms with van der Waals surface area (Å²) in [7, 11) is 0. The van der Waals surface area contributed by atoms with Gasteiger partial charge in [0.25, 0.3) is 11.8 Å². The minimum absolute atomic E-state index is 0.269. The summed E-state index contributed by atoms with van der Waals surface area (Å²) < 4.78 is 10.5. The zero-order valence-electron chi connectivity index (χ0n) is 15.0. The van der Waals surface area contributed by atoms with Crippen molar-refractivity contribution in [2.24, 2.45) is 0 Å². The Morgan fingerprint density at radius 2 is 1.48 bits per heavy atom. The fourth-order valence-electron chi connectivity index (χ4n) is 2.95. The molecule has 0 aromatic heterocycles. The topological polar surface area (TPSA) is 72.9 Å². The molecule has 1 heterocycles. The Kier molecular flexibility index (Phi) is 5.01. The highest BCUT2D eigenvalue weighted by Crippen LogP contribution is 2.29. The zero-order chi connectivity index (χ0) is 20.4. The number of fused-ring (bicyclic) bond motifs is 1. The molecule has 0 saturated carbocycles. The number of ether oxygens (including phenoxy) is 2. The van der Waals surface area contributed by atoms with E-state index in [-0.39, 0.29) is 24.2 Å². The second kappa shape index (κ2) is 7.77. The van der Waals surface area contributed by atoms with Crippen LogP contribution in [0.5, 0.6) is 11.5 Å². The number of nitrogens with zero attached hydrogens (tertiary/aromatic N) is 1. The third kappa shape index (κ3) is 3.83. The van der Waals surface area contributed by atoms with Gasteiger partial charge in [0.1, 0.15) is 11.5 Å². The molecule has 0 fully saturated rings. The predicted molar refractivity (Wildman–Crippen MR) is 107 cm³/mol. The van der Waals surface area contributed by atoms with Crippen LogP contribution in [0.4, 0.5) is 5.69 Å². The minimum Gasteiger partial charge on any atom is -0.482 e. The monoisotopic (exact) mass is 407 g/mol. The number of halogens is 1. The fraction of sp³-hybridized carbons (Fsp3) is 0.0455. The number of amides is 2. The number of hydrogen-bond donors (Lipinski definition) is 0. The van der Waals surface area contributed by atoms with E-state index in [1.165, 1.54) is 12.1 Å². The maximum atomic E-state index is 12.5. The van der Waals surface area contributed by atoms with E-state index in [1.807, 2.05) is 0 Å². The molecule has 7 heteroatoms. The summed E-state index contributed by atoms with van der Waals surface area (Å²) in [5.74, 6) is -0.644. The average Bonchev–Trinajstić information content (AvgIpc) is 2.98. The number of anilines is 1. The van der Waals surface area contributed by atoms with Crippen LogP contribution in [0.2, 0.25) is 5.02 Å². The first-order valence-corrected chi connectivity index (χ1v) is 9.07.